The fourth-order valence-corrected chi connectivity index (χ4v) is 4.53. The number of rotatable bonds is 6. The smallest absolute Gasteiger partial charge is 0.416 e. The Kier molecular flexibility index (Phi) is 6.37. The molecule has 4 amide bonds. The maximum Gasteiger partial charge on any atom is 0.416 e. The van der Waals surface area contributed by atoms with Gasteiger partial charge in [0.15, 0.2) is 5.54 Å². The normalized spacial score (nSPS) is 21.9. The second-order valence-corrected chi connectivity index (χ2v) is 8.44. The number of hydrogen-bond donors (Lipinski definition) is 2. The van der Waals surface area contributed by atoms with Gasteiger partial charge in [0.05, 0.1) is 12.7 Å². The van der Waals surface area contributed by atoms with Crippen LogP contribution in [0.4, 0.5) is 13.2 Å². The highest BCUT2D eigenvalue weighted by Crippen LogP contribution is 2.46. The molecule has 4 rings (SSSR count). The molecule has 3 N–H and O–H groups in total. The molecule has 2 unspecified atom stereocenters. The summed E-state index contributed by atoms with van der Waals surface area (Å²) >= 11 is 0. The van der Waals surface area contributed by atoms with Gasteiger partial charge >= 0.3 is 6.18 Å². The zero-order chi connectivity index (χ0) is 26.3. The lowest BCUT2D eigenvalue weighted by Gasteiger charge is -2.36. The second-order valence-electron chi connectivity index (χ2n) is 8.44. The number of amides is 4. The van der Waals surface area contributed by atoms with E-state index in [2.05, 4.69) is 5.32 Å². The number of benzene rings is 2. The summed E-state index contributed by atoms with van der Waals surface area (Å²) in [6.45, 7) is 0. The molecular formula is C24H22F3N3O6. The number of methoxy groups -OCH3 is 1. The average molecular weight is 505 g/mol. The van der Waals surface area contributed by atoms with Crippen molar-refractivity contribution in [2.75, 3.05) is 7.11 Å². The predicted octanol–water partition coefficient (Wildman–Crippen LogP) is 2.61. The molecule has 0 aromatic heterocycles. The van der Waals surface area contributed by atoms with Crippen LogP contribution < -0.4 is 20.5 Å². The Morgan fingerprint density at radius 2 is 1.75 bits per heavy atom. The Morgan fingerprint density at radius 3 is 2.31 bits per heavy atom. The van der Waals surface area contributed by atoms with Gasteiger partial charge in [0, 0.05) is 18.4 Å². The third kappa shape index (κ3) is 4.34. The van der Waals surface area contributed by atoms with Crippen molar-refractivity contribution >= 4 is 23.6 Å². The molecule has 2 aromatic rings. The summed E-state index contributed by atoms with van der Waals surface area (Å²) in [5, 5.41) is 2.50. The minimum atomic E-state index is -4.51. The highest BCUT2D eigenvalue weighted by atomic mass is 19.4. The van der Waals surface area contributed by atoms with Gasteiger partial charge in [0.25, 0.3) is 5.91 Å². The molecule has 2 aliphatic rings. The monoisotopic (exact) mass is 505 g/mol. The Balaban J connectivity index is 1.74. The molecule has 12 heteroatoms. The van der Waals surface area contributed by atoms with Gasteiger partial charge in [-0.05, 0) is 55.3 Å². The van der Waals surface area contributed by atoms with Gasteiger partial charge in [-0.2, -0.15) is 13.2 Å². The molecule has 2 aliphatic heterocycles. The molecule has 2 fully saturated rings. The third-order valence-electron chi connectivity index (χ3n) is 6.29. The van der Waals surface area contributed by atoms with Gasteiger partial charge in [-0.1, -0.05) is 0 Å². The number of likely N-dealkylation sites (tertiary alicyclic amines) is 1. The van der Waals surface area contributed by atoms with E-state index < -0.39 is 41.0 Å². The van der Waals surface area contributed by atoms with E-state index in [1.807, 2.05) is 0 Å². The molecule has 0 saturated carbocycles. The largest absolute Gasteiger partial charge is 0.496 e. The van der Waals surface area contributed by atoms with E-state index in [0.29, 0.717) is 0 Å². The highest BCUT2D eigenvalue weighted by molar-refractivity contribution is 6.08. The van der Waals surface area contributed by atoms with E-state index in [1.165, 1.54) is 25.3 Å². The number of nitrogens with two attached hydrogens (primary N) is 1. The van der Waals surface area contributed by atoms with Crippen molar-refractivity contribution in [3.8, 4) is 17.2 Å². The first-order valence-electron chi connectivity index (χ1n) is 11.0. The summed E-state index contributed by atoms with van der Waals surface area (Å²) in [6.07, 6.45) is -4.55. The van der Waals surface area contributed by atoms with Crippen LogP contribution in [-0.4, -0.2) is 41.7 Å². The Hall–Kier alpha value is -4.09. The van der Waals surface area contributed by atoms with Crippen LogP contribution in [0.25, 0.3) is 0 Å². The standard InChI is InChI=1S/C24H22F3N3O6/c1-35-18-8-6-15(36-14-4-2-13(3-5-14)24(25,26)27)12-16(18)23(22(28)34)11-10-20(32)30(23)21(33)17-7-9-19(31)29-17/h2-6,8,12,17H,7,9-11H2,1H3,(H2,28,34)(H,29,31). The molecule has 9 nitrogen and oxygen atoms in total. The number of alkyl halides is 3. The molecule has 36 heavy (non-hydrogen) atoms. The molecule has 2 heterocycles. The number of carbonyl (C=O) groups excluding carboxylic acids is 4. The van der Waals surface area contributed by atoms with Crippen molar-refractivity contribution in [3.63, 3.8) is 0 Å². The number of carbonyl (C=O) groups is 4. The Labute approximate surface area is 203 Å². The highest BCUT2D eigenvalue weighted by Gasteiger charge is 2.57. The Bertz CT molecular complexity index is 1230. The van der Waals surface area contributed by atoms with Crippen molar-refractivity contribution in [2.24, 2.45) is 5.73 Å². The SMILES string of the molecule is COc1ccc(Oc2ccc(C(F)(F)F)cc2)cc1C1(C(N)=O)CCC(=O)N1C(=O)C1CCC(=O)N1. The van der Waals surface area contributed by atoms with Crippen molar-refractivity contribution in [1.29, 1.82) is 0 Å². The second kappa shape index (κ2) is 9.17. The minimum absolute atomic E-state index is 0.0745. The average Bonchev–Trinajstić information content (AvgIpc) is 3.42. The fraction of sp³-hybridized carbons (Fsp3) is 0.333. The van der Waals surface area contributed by atoms with Crippen molar-refractivity contribution in [2.45, 2.75) is 43.4 Å². The fourth-order valence-electron chi connectivity index (χ4n) is 4.53. The van der Waals surface area contributed by atoms with Gasteiger partial charge < -0.3 is 20.5 Å². The molecule has 0 spiro atoms. The number of halogens is 3. The van der Waals surface area contributed by atoms with E-state index >= 15 is 0 Å². The summed E-state index contributed by atoms with van der Waals surface area (Å²) < 4.78 is 49.7. The quantitative estimate of drug-likeness (QED) is 0.581. The van der Waals surface area contributed by atoms with Gasteiger partial charge in [-0.25, -0.2) is 0 Å². The Morgan fingerprint density at radius 1 is 1.08 bits per heavy atom. The van der Waals surface area contributed by atoms with Crippen LogP contribution in [0, 0.1) is 0 Å². The van der Waals surface area contributed by atoms with Crippen LogP contribution in [0.15, 0.2) is 42.5 Å². The maximum atomic E-state index is 13.3. The first kappa shape index (κ1) is 25.0. The topological polar surface area (TPSA) is 128 Å². The minimum Gasteiger partial charge on any atom is -0.496 e. The van der Waals surface area contributed by atoms with E-state index in [-0.39, 0.29) is 54.4 Å². The lowest BCUT2D eigenvalue weighted by atomic mass is 9.85. The first-order chi connectivity index (χ1) is 17.0. The summed E-state index contributed by atoms with van der Waals surface area (Å²) in [5.41, 5.74) is 3.09. The van der Waals surface area contributed by atoms with E-state index in [0.717, 1.165) is 29.2 Å². The van der Waals surface area contributed by atoms with Gasteiger partial charge in [-0.3, -0.25) is 24.1 Å². The zero-order valence-corrected chi connectivity index (χ0v) is 19.1. The van der Waals surface area contributed by atoms with Crippen LogP contribution in [0.2, 0.25) is 0 Å². The molecule has 0 aliphatic carbocycles. The van der Waals surface area contributed by atoms with E-state index in [4.69, 9.17) is 15.2 Å². The lowest BCUT2D eigenvalue weighted by molar-refractivity contribution is -0.154. The molecule has 190 valence electrons. The summed E-state index contributed by atoms with van der Waals surface area (Å²) in [6, 6.07) is 7.23. The number of hydrogen-bond acceptors (Lipinski definition) is 6. The number of ether oxygens (including phenoxy) is 2. The summed E-state index contributed by atoms with van der Waals surface area (Å²) in [4.78, 5) is 51.5. The van der Waals surface area contributed by atoms with E-state index in [9.17, 15) is 32.3 Å². The molecule has 2 atom stereocenters. The lowest BCUT2D eigenvalue weighted by Crippen LogP contribution is -2.58. The zero-order valence-electron chi connectivity index (χ0n) is 19.1. The van der Waals surface area contributed by atoms with Crippen molar-refractivity contribution in [1.82, 2.24) is 10.2 Å². The summed E-state index contributed by atoms with van der Waals surface area (Å²) in [7, 11) is 1.32. The van der Waals surface area contributed by atoms with Crippen molar-refractivity contribution < 1.29 is 41.8 Å². The maximum absolute atomic E-state index is 13.3. The number of primary amides is 1. The van der Waals surface area contributed by atoms with Crippen LogP contribution in [0.1, 0.15) is 36.8 Å². The molecular weight excluding hydrogens is 483 g/mol. The van der Waals surface area contributed by atoms with E-state index in [1.54, 1.807) is 0 Å². The van der Waals surface area contributed by atoms with Crippen LogP contribution >= 0.6 is 0 Å². The predicted molar refractivity (Wildman–Crippen MR) is 118 cm³/mol. The van der Waals surface area contributed by atoms with Crippen LogP contribution in [0.5, 0.6) is 17.2 Å². The first-order valence-corrected chi connectivity index (χ1v) is 11.0. The number of nitrogens with one attached hydrogen (secondary N) is 1. The number of imide groups is 1. The van der Waals surface area contributed by atoms with Crippen molar-refractivity contribution in [3.05, 3.63) is 53.6 Å². The summed E-state index contributed by atoms with van der Waals surface area (Å²) in [5.74, 6) is -2.43. The van der Waals surface area contributed by atoms with Crippen LogP contribution in [-0.2, 0) is 30.9 Å². The molecule has 2 aromatic carbocycles. The molecule has 0 radical (unpaired) electrons. The molecule has 0 bridgehead atoms. The number of nitrogens with zero attached hydrogens (tertiary/aromatic N) is 1. The third-order valence-corrected chi connectivity index (χ3v) is 6.29. The van der Waals surface area contributed by atoms with Crippen LogP contribution in [0.3, 0.4) is 0 Å². The van der Waals surface area contributed by atoms with Gasteiger partial charge in [0.1, 0.15) is 23.3 Å². The molecule has 2 saturated heterocycles. The van der Waals surface area contributed by atoms with Gasteiger partial charge in [-0.15, -0.1) is 0 Å². The van der Waals surface area contributed by atoms with Gasteiger partial charge in [0.2, 0.25) is 17.7 Å².